The first kappa shape index (κ1) is 19.2. The molecule has 1 heterocycles. The Labute approximate surface area is 156 Å². The molecule has 2 aromatic rings. The summed E-state index contributed by atoms with van der Waals surface area (Å²) in [5.41, 5.74) is -0.107. The van der Waals surface area contributed by atoms with Crippen LogP contribution in [-0.2, 0) is 9.47 Å². The molecule has 2 rings (SSSR count). The van der Waals surface area contributed by atoms with Crippen molar-refractivity contribution < 1.29 is 19.1 Å². The third-order valence-corrected chi connectivity index (χ3v) is 3.69. The van der Waals surface area contributed by atoms with Crippen molar-refractivity contribution in [1.82, 2.24) is 9.88 Å². The second-order valence-corrected chi connectivity index (χ2v) is 6.90. The number of carbonyl (C=O) groups excluding carboxylic acids is 2. The predicted octanol–water partition coefficient (Wildman–Crippen LogP) is 4.13. The average Bonchev–Trinajstić information content (AvgIpc) is 2.77. The van der Waals surface area contributed by atoms with E-state index in [9.17, 15) is 9.59 Å². The summed E-state index contributed by atoms with van der Waals surface area (Å²) < 4.78 is 11.6. The fourth-order valence-corrected chi connectivity index (χ4v) is 2.79. The van der Waals surface area contributed by atoms with Gasteiger partial charge < -0.3 is 9.47 Å². The first-order valence-corrected chi connectivity index (χ1v) is 8.44. The number of nitrogens with zero attached hydrogens (tertiary/aromatic N) is 1. The molecular weight excluding hydrogens is 364 g/mol. The number of halogens is 1. The van der Waals surface area contributed by atoms with Gasteiger partial charge in [-0.1, -0.05) is 29.8 Å². The van der Waals surface area contributed by atoms with E-state index in [-0.39, 0.29) is 15.9 Å². The van der Waals surface area contributed by atoms with Gasteiger partial charge in [0.1, 0.15) is 10.8 Å². The number of fused-ring (bicyclic) bond motifs is 1. The van der Waals surface area contributed by atoms with E-state index in [2.05, 4.69) is 5.32 Å². The Morgan fingerprint density at radius 3 is 2.52 bits per heavy atom. The highest BCUT2D eigenvalue weighted by Crippen LogP contribution is 2.31. The average molecular weight is 383 g/mol. The van der Waals surface area contributed by atoms with E-state index in [1.165, 1.54) is 4.57 Å². The molecule has 25 heavy (non-hydrogen) atoms. The number of carbonyl (C=O) groups is 2. The molecule has 0 aliphatic rings. The maximum Gasteiger partial charge on any atom is 0.420 e. The summed E-state index contributed by atoms with van der Waals surface area (Å²) in [4.78, 5) is 25.1. The Hall–Kier alpha value is -2.12. The number of para-hydroxylation sites is 1. The lowest BCUT2D eigenvalue weighted by Crippen LogP contribution is -2.31. The fourth-order valence-electron chi connectivity index (χ4n) is 2.23. The number of aromatic nitrogens is 1. The lowest BCUT2D eigenvalue weighted by atomic mass is 10.1. The quantitative estimate of drug-likeness (QED) is 0.791. The topological polar surface area (TPSA) is 69.6 Å². The highest BCUT2D eigenvalue weighted by molar-refractivity contribution is 7.80. The van der Waals surface area contributed by atoms with E-state index in [0.717, 1.165) is 0 Å². The van der Waals surface area contributed by atoms with Crippen LogP contribution in [0.5, 0.6) is 0 Å². The molecule has 8 heteroatoms. The highest BCUT2D eigenvalue weighted by Gasteiger charge is 2.28. The lowest BCUT2D eigenvalue weighted by molar-refractivity contribution is 0.0545. The van der Waals surface area contributed by atoms with Gasteiger partial charge in [0.05, 0.1) is 17.7 Å². The molecule has 0 bridgehead atoms. The maximum absolute atomic E-state index is 12.6. The van der Waals surface area contributed by atoms with Gasteiger partial charge in [-0.2, -0.15) is 0 Å². The number of benzene rings is 1. The molecule has 1 aromatic carbocycles. The molecule has 0 unspecified atom stereocenters. The standard InChI is InChI=1S/C17H19ClN2O4S/c1-5-23-15(25)19-14(21)12-10-8-6-7-9-11(10)20(13(12)18)16(22)24-17(2,3)4/h6-9H,5H2,1-4H3,(H,19,21,25). The van der Waals surface area contributed by atoms with Crippen LogP contribution >= 0.6 is 23.8 Å². The van der Waals surface area contributed by atoms with E-state index < -0.39 is 17.6 Å². The molecule has 0 aliphatic carbocycles. The second-order valence-electron chi connectivity index (χ2n) is 6.17. The van der Waals surface area contributed by atoms with Crippen LogP contribution in [0.1, 0.15) is 38.1 Å². The van der Waals surface area contributed by atoms with E-state index in [0.29, 0.717) is 17.5 Å². The number of hydrogen-bond donors (Lipinski definition) is 1. The number of nitrogens with one attached hydrogen (secondary N) is 1. The summed E-state index contributed by atoms with van der Waals surface area (Å²) >= 11 is 11.3. The zero-order chi connectivity index (χ0) is 18.8. The summed E-state index contributed by atoms with van der Waals surface area (Å²) in [7, 11) is 0. The van der Waals surface area contributed by atoms with Gasteiger partial charge >= 0.3 is 6.09 Å². The molecule has 1 amide bonds. The molecule has 0 fully saturated rings. The van der Waals surface area contributed by atoms with Gasteiger partial charge in [0.15, 0.2) is 0 Å². The van der Waals surface area contributed by atoms with Crippen LogP contribution in [0.2, 0.25) is 5.15 Å². The smallest absolute Gasteiger partial charge is 0.420 e. The monoisotopic (exact) mass is 382 g/mol. The van der Waals surface area contributed by atoms with Crippen molar-refractivity contribution in [2.45, 2.75) is 33.3 Å². The number of rotatable bonds is 2. The van der Waals surface area contributed by atoms with Gasteiger partial charge in [0.2, 0.25) is 0 Å². The van der Waals surface area contributed by atoms with Gasteiger partial charge in [-0.3, -0.25) is 10.1 Å². The molecule has 0 aliphatic heterocycles. The Morgan fingerprint density at radius 2 is 1.92 bits per heavy atom. The van der Waals surface area contributed by atoms with Crippen LogP contribution in [0.4, 0.5) is 4.79 Å². The third kappa shape index (κ3) is 4.29. The van der Waals surface area contributed by atoms with Gasteiger partial charge in [-0.05, 0) is 46.0 Å². The van der Waals surface area contributed by atoms with Crippen LogP contribution in [0.15, 0.2) is 24.3 Å². The van der Waals surface area contributed by atoms with Crippen LogP contribution in [-0.4, -0.2) is 34.0 Å². The molecule has 0 spiro atoms. The van der Waals surface area contributed by atoms with E-state index >= 15 is 0 Å². The van der Waals surface area contributed by atoms with Crippen molar-refractivity contribution in [3.8, 4) is 0 Å². The van der Waals surface area contributed by atoms with Gasteiger partial charge in [0, 0.05) is 5.39 Å². The zero-order valence-electron chi connectivity index (χ0n) is 14.4. The van der Waals surface area contributed by atoms with Crippen LogP contribution in [0.25, 0.3) is 10.9 Å². The van der Waals surface area contributed by atoms with E-state index in [1.807, 2.05) is 0 Å². The molecule has 0 saturated carbocycles. The molecule has 1 N–H and O–H groups in total. The van der Waals surface area contributed by atoms with Gasteiger partial charge in [0.25, 0.3) is 11.1 Å². The van der Waals surface area contributed by atoms with Crippen molar-refractivity contribution in [3.63, 3.8) is 0 Å². The Kier molecular flexibility index (Phi) is 5.69. The minimum atomic E-state index is -0.704. The van der Waals surface area contributed by atoms with Crippen LogP contribution in [0, 0.1) is 0 Å². The summed E-state index contributed by atoms with van der Waals surface area (Å²) in [6.45, 7) is 7.32. The molecule has 0 radical (unpaired) electrons. The minimum absolute atomic E-state index is 0.0488. The SMILES string of the molecule is CCOC(=S)NC(=O)c1c(Cl)n(C(=O)OC(C)(C)C)c2ccccc12. The van der Waals surface area contributed by atoms with Gasteiger partial charge in [-0.15, -0.1) is 0 Å². The molecule has 134 valence electrons. The number of amides is 1. The van der Waals surface area contributed by atoms with E-state index in [4.69, 9.17) is 33.3 Å². The Balaban J connectivity index is 2.52. The summed E-state index contributed by atoms with van der Waals surface area (Å²) in [5, 5.41) is 2.85. The first-order valence-electron chi connectivity index (χ1n) is 7.66. The molecule has 0 atom stereocenters. The van der Waals surface area contributed by atoms with Crippen molar-refractivity contribution in [3.05, 3.63) is 35.0 Å². The van der Waals surface area contributed by atoms with Crippen molar-refractivity contribution >= 4 is 51.9 Å². The first-order chi connectivity index (χ1) is 11.7. The number of thiocarbonyl (C=S) groups is 1. The van der Waals surface area contributed by atoms with E-state index in [1.54, 1.807) is 52.0 Å². The molecule has 1 aromatic heterocycles. The maximum atomic E-state index is 12.6. The zero-order valence-corrected chi connectivity index (χ0v) is 16.0. The molecular formula is C17H19ClN2O4S. The Morgan fingerprint density at radius 1 is 1.28 bits per heavy atom. The van der Waals surface area contributed by atoms with Crippen LogP contribution in [0.3, 0.4) is 0 Å². The second kappa shape index (κ2) is 7.41. The van der Waals surface area contributed by atoms with Crippen LogP contribution < -0.4 is 5.32 Å². The molecule has 0 saturated heterocycles. The summed E-state index contributed by atoms with van der Waals surface area (Å²) in [6.07, 6.45) is -0.667. The predicted molar refractivity (Wildman–Crippen MR) is 100 cm³/mol. The van der Waals surface area contributed by atoms with Crippen molar-refractivity contribution in [2.24, 2.45) is 0 Å². The lowest BCUT2D eigenvalue weighted by Gasteiger charge is -2.20. The van der Waals surface area contributed by atoms with Gasteiger partial charge in [-0.25, -0.2) is 9.36 Å². The largest absolute Gasteiger partial charge is 0.471 e. The summed E-state index contributed by atoms with van der Waals surface area (Å²) in [5.74, 6) is -0.554. The highest BCUT2D eigenvalue weighted by atomic mass is 35.5. The van der Waals surface area contributed by atoms with Crippen molar-refractivity contribution in [1.29, 1.82) is 0 Å². The fraction of sp³-hybridized carbons (Fsp3) is 0.353. The molecule has 6 nitrogen and oxygen atoms in total. The van der Waals surface area contributed by atoms with Crippen molar-refractivity contribution in [2.75, 3.05) is 6.61 Å². The number of ether oxygens (including phenoxy) is 2. The number of hydrogen-bond acceptors (Lipinski definition) is 5. The normalized spacial score (nSPS) is 11.2. The third-order valence-electron chi connectivity index (χ3n) is 3.11. The minimum Gasteiger partial charge on any atom is -0.471 e. The summed E-state index contributed by atoms with van der Waals surface area (Å²) in [6, 6.07) is 6.87. The Bertz CT molecular complexity index is 839.